The first-order valence-electron chi connectivity index (χ1n) is 10.2. The van der Waals surface area contributed by atoms with Gasteiger partial charge in [-0.05, 0) is 46.4 Å². The number of fused-ring (bicyclic) bond motifs is 1. The molecule has 5 N–H and O–H groups in total. The van der Waals surface area contributed by atoms with Crippen LogP contribution in [0.4, 0.5) is 4.79 Å². The number of carbonyl (C=O) groups excluding carboxylic acids is 2. The molecule has 0 aliphatic rings. The van der Waals surface area contributed by atoms with Gasteiger partial charge < -0.3 is 21.5 Å². The number of carbonyl (C=O) groups is 2. The second kappa shape index (κ2) is 10.9. The molecule has 3 rings (SSSR count). The van der Waals surface area contributed by atoms with Gasteiger partial charge in [-0.2, -0.15) is 0 Å². The van der Waals surface area contributed by atoms with Crippen LogP contribution < -0.4 is 16.8 Å². The van der Waals surface area contributed by atoms with E-state index in [1.54, 1.807) is 0 Å². The summed E-state index contributed by atoms with van der Waals surface area (Å²) < 4.78 is 5.18. The summed E-state index contributed by atoms with van der Waals surface area (Å²) in [6.07, 6.45) is 4.73. The van der Waals surface area contributed by atoms with Crippen LogP contribution >= 0.6 is 0 Å². The lowest BCUT2D eigenvalue weighted by atomic mass is 10.00. The first-order chi connectivity index (χ1) is 15.0. The monoisotopic (exact) mass is 417 g/mol. The Balaban J connectivity index is 1.45. The van der Waals surface area contributed by atoms with E-state index in [0.717, 1.165) is 27.5 Å². The Kier molecular flexibility index (Phi) is 7.79. The molecule has 0 saturated heterocycles. The van der Waals surface area contributed by atoms with Crippen LogP contribution in [0.25, 0.3) is 16.8 Å². The molecule has 0 heterocycles. The smallest absolute Gasteiger partial charge is 0.407 e. The van der Waals surface area contributed by atoms with Crippen molar-refractivity contribution in [2.24, 2.45) is 11.5 Å². The Morgan fingerprint density at radius 1 is 0.968 bits per heavy atom. The third-order valence-electron chi connectivity index (χ3n) is 4.85. The van der Waals surface area contributed by atoms with Crippen molar-refractivity contribution >= 4 is 28.8 Å². The summed E-state index contributed by atoms with van der Waals surface area (Å²) in [5.41, 5.74) is 14.0. The van der Waals surface area contributed by atoms with Gasteiger partial charge >= 0.3 is 6.09 Å². The molecule has 0 radical (unpaired) electrons. The lowest BCUT2D eigenvalue weighted by Gasteiger charge is -2.09. The van der Waals surface area contributed by atoms with Gasteiger partial charge in [-0.25, -0.2) is 4.79 Å². The Morgan fingerprint density at radius 2 is 1.71 bits per heavy atom. The maximum atomic E-state index is 11.7. The highest BCUT2D eigenvalue weighted by molar-refractivity contribution is 5.86. The molecule has 31 heavy (non-hydrogen) atoms. The Bertz CT molecular complexity index is 1060. The normalized spacial score (nSPS) is 12.0. The van der Waals surface area contributed by atoms with Crippen molar-refractivity contribution in [3.63, 3.8) is 0 Å². The van der Waals surface area contributed by atoms with E-state index in [9.17, 15) is 9.59 Å². The molecule has 0 aromatic heterocycles. The summed E-state index contributed by atoms with van der Waals surface area (Å²) >= 11 is 0. The SMILES string of the molecule is NC(=O)C(N)Cc1ccc2cc(/C=C/CCNC(=O)OCc3ccccc3)ccc2c1. The van der Waals surface area contributed by atoms with E-state index < -0.39 is 18.0 Å². The minimum atomic E-state index is -0.677. The van der Waals surface area contributed by atoms with E-state index in [4.69, 9.17) is 16.2 Å². The van der Waals surface area contributed by atoms with E-state index in [-0.39, 0.29) is 6.61 Å². The molecule has 1 atom stereocenters. The fourth-order valence-corrected chi connectivity index (χ4v) is 3.15. The lowest BCUT2D eigenvalue weighted by Crippen LogP contribution is -2.38. The number of amides is 2. The van der Waals surface area contributed by atoms with Crippen molar-refractivity contribution in [3.05, 3.63) is 89.5 Å². The van der Waals surface area contributed by atoms with Gasteiger partial charge in [0.2, 0.25) is 5.91 Å². The van der Waals surface area contributed by atoms with E-state index >= 15 is 0 Å². The summed E-state index contributed by atoms with van der Waals surface area (Å²) in [7, 11) is 0. The Hall–Kier alpha value is -3.64. The largest absolute Gasteiger partial charge is 0.445 e. The molecule has 0 saturated carbocycles. The van der Waals surface area contributed by atoms with Crippen molar-refractivity contribution in [2.75, 3.05) is 6.54 Å². The molecule has 3 aromatic rings. The fourth-order valence-electron chi connectivity index (χ4n) is 3.15. The lowest BCUT2D eigenvalue weighted by molar-refractivity contribution is -0.119. The molecule has 0 aliphatic carbocycles. The van der Waals surface area contributed by atoms with Crippen LogP contribution in [0, 0.1) is 0 Å². The number of alkyl carbamates (subject to hydrolysis) is 1. The van der Waals surface area contributed by atoms with Crippen LogP contribution in [0.15, 0.2) is 72.8 Å². The van der Waals surface area contributed by atoms with E-state index in [0.29, 0.717) is 19.4 Å². The average molecular weight is 418 g/mol. The van der Waals surface area contributed by atoms with Gasteiger partial charge in [0.25, 0.3) is 0 Å². The molecular weight excluding hydrogens is 390 g/mol. The highest BCUT2D eigenvalue weighted by Crippen LogP contribution is 2.19. The predicted octanol–water partition coefficient (Wildman–Crippen LogP) is 3.52. The number of nitrogens with two attached hydrogens (primary N) is 2. The van der Waals surface area contributed by atoms with E-state index in [1.807, 2.05) is 72.8 Å². The fraction of sp³-hybridized carbons (Fsp3) is 0.200. The number of benzene rings is 3. The summed E-state index contributed by atoms with van der Waals surface area (Å²) in [6.45, 7) is 0.761. The van der Waals surface area contributed by atoms with Gasteiger partial charge in [-0.1, -0.05) is 72.8 Å². The summed E-state index contributed by atoms with van der Waals surface area (Å²) in [6, 6.07) is 21.0. The summed E-state index contributed by atoms with van der Waals surface area (Å²) in [4.78, 5) is 22.9. The minimum Gasteiger partial charge on any atom is -0.445 e. The molecule has 6 heteroatoms. The van der Waals surface area contributed by atoms with Crippen LogP contribution in [-0.4, -0.2) is 24.6 Å². The zero-order valence-corrected chi connectivity index (χ0v) is 17.3. The van der Waals surface area contributed by atoms with Crippen LogP contribution in [0.3, 0.4) is 0 Å². The van der Waals surface area contributed by atoms with Gasteiger partial charge in [0.15, 0.2) is 0 Å². The molecular formula is C25H27N3O3. The molecule has 160 valence electrons. The molecule has 1 unspecified atom stereocenters. The second-order valence-electron chi connectivity index (χ2n) is 7.33. The number of nitrogens with one attached hydrogen (secondary N) is 1. The predicted molar refractivity (Wildman–Crippen MR) is 123 cm³/mol. The van der Waals surface area contributed by atoms with Crippen molar-refractivity contribution in [3.8, 4) is 0 Å². The number of rotatable bonds is 9. The number of hydrogen-bond donors (Lipinski definition) is 3. The van der Waals surface area contributed by atoms with Crippen molar-refractivity contribution in [1.29, 1.82) is 0 Å². The zero-order valence-electron chi connectivity index (χ0n) is 17.3. The highest BCUT2D eigenvalue weighted by atomic mass is 16.5. The Labute approximate surface area is 181 Å². The average Bonchev–Trinajstić information content (AvgIpc) is 2.78. The first-order valence-corrected chi connectivity index (χ1v) is 10.2. The highest BCUT2D eigenvalue weighted by Gasteiger charge is 2.10. The minimum absolute atomic E-state index is 0.260. The van der Waals surface area contributed by atoms with Crippen LogP contribution in [-0.2, 0) is 22.6 Å². The van der Waals surface area contributed by atoms with Crippen LogP contribution in [0.5, 0.6) is 0 Å². The third kappa shape index (κ3) is 6.97. The molecule has 0 fully saturated rings. The Morgan fingerprint density at radius 3 is 2.48 bits per heavy atom. The summed E-state index contributed by atoms with van der Waals surface area (Å²) in [5.74, 6) is -0.500. The third-order valence-corrected chi connectivity index (χ3v) is 4.85. The molecule has 3 aromatic carbocycles. The maximum Gasteiger partial charge on any atom is 0.407 e. The molecule has 0 bridgehead atoms. The standard InChI is InChI=1S/C25H27N3O3/c26-23(24(27)29)16-20-10-12-21-14-18(9-11-22(21)15-20)6-4-5-13-28-25(30)31-17-19-7-2-1-3-8-19/h1-4,6-12,14-15,23H,5,13,16-17,26H2,(H2,27,29)(H,28,30)/b6-4+. The second-order valence-corrected chi connectivity index (χ2v) is 7.33. The van der Waals surface area contributed by atoms with Crippen molar-refractivity contribution in [1.82, 2.24) is 5.32 Å². The van der Waals surface area contributed by atoms with Gasteiger partial charge in [0.05, 0.1) is 6.04 Å². The number of primary amides is 1. The molecule has 0 aliphatic heterocycles. The van der Waals surface area contributed by atoms with E-state index in [2.05, 4.69) is 11.4 Å². The first kappa shape index (κ1) is 22.1. The quantitative estimate of drug-likeness (QED) is 0.463. The van der Waals surface area contributed by atoms with Crippen molar-refractivity contribution < 1.29 is 14.3 Å². The number of hydrogen-bond acceptors (Lipinski definition) is 4. The maximum absolute atomic E-state index is 11.7. The number of ether oxygens (including phenoxy) is 1. The van der Waals surface area contributed by atoms with Gasteiger partial charge in [0, 0.05) is 6.54 Å². The van der Waals surface area contributed by atoms with E-state index in [1.165, 1.54) is 0 Å². The van der Waals surface area contributed by atoms with Gasteiger partial charge in [-0.15, -0.1) is 0 Å². The zero-order chi connectivity index (χ0) is 22.1. The topological polar surface area (TPSA) is 107 Å². The van der Waals surface area contributed by atoms with Crippen LogP contribution in [0.1, 0.15) is 23.1 Å². The van der Waals surface area contributed by atoms with Crippen LogP contribution in [0.2, 0.25) is 0 Å². The molecule has 2 amide bonds. The van der Waals surface area contributed by atoms with Crippen molar-refractivity contribution in [2.45, 2.75) is 25.5 Å². The van der Waals surface area contributed by atoms with Gasteiger partial charge in [-0.3, -0.25) is 4.79 Å². The summed E-state index contributed by atoms with van der Waals surface area (Å²) in [5, 5.41) is 4.92. The molecule has 0 spiro atoms. The van der Waals surface area contributed by atoms with Gasteiger partial charge in [0.1, 0.15) is 6.61 Å². The molecule has 6 nitrogen and oxygen atoms in total.